The first-order chi connectivity index (χ1) is 8.02. The fourth-order valence-electron chi connectivity index (χ4n) is 1.63. The van der Waals surface area contributed by atoms with Crippen LogP contribution in [0.2, 0.25) is 0 Å². The minimum Gasteiger partial charge on any atom is -0.508 e. The summed E-state index contributed by atoms with van der Waals surface area (Å²) in [7, 11) is 0. The molecule has 2 aromatic rings. The second kappa shape index (κ2) is 4.22. The molecular weight excluding hydrogens is 214 g/mol. The zero-order chi connectivity index (χ0) is 12.5. The highest BCUT2D eigenvalue weighted by molar-refractivity contribution is 5.92. The van der Waals surface area contributed by atoms with Gasteiger partial charge in [0.15, 0.2) is 0 Å². The second-order valence-electron chi connectivity index (χ2n) is 4.78. The predicted octanol–water partition coefficient (Wildman–Crippen LogP) is 2.09. The Hall–Kier alpha value is -1.81. The summed E-state index contributed by atoms with van der Waals surface area (Å²) >= 11 is 0. The van der Waals surface area contributed by atoms with E-state index in [0.29, 0.717) is 6.54 Å². The second-order valence-corrected chi connectivity index (χ2v) is 4.78. The third kappa shape index (κ3) is 2.47. The van der Waals surface area contributed by atoms with Crippen molar-refractivity contribution in [2.75, 3.05) is 11.9 Å². The maximum absolute atomic E-state index is 9.53. The largest absolute Gasteiger partial charge is 0.508 e. The van der Waals surface area contributed by atoms with Crippen LogP contribution < -0.4 is 11.1 Å². The van der Waals surface area contributed by atoms with E-state index < -0.39 is 0 Å². The zero-order valence-electron chi connectivity index (χ0n) is 10.1. The Kier molecular flexibility index (Phi) is 2.90. The van der Waals surface area contributed by atoms with Crippen LogP contribution >= 0.6 is 0 Å². The Labute approximate surface area is 100 Å². The summed E-state index contributed by atoms with van der Waals surface area (Å²) in [5.74, 6) is 0.980. The van der Waals surface area contributed by atoms with Gasteiger partial charge in [0.1, 0.15) is 11.6 Å². The summed E-state index contributed by atoms with van der Waals surface area (Å²) in [6.45, 7) is 4.52. The van der Waals surface area contributed by atoms with Crippen molar-refractivity contribution in [1.82, 2.24) is 4.98 Å². The molecule has 0 saturated carbocycles. The maximum Gasteiger partial charge on any atom is 0.134 e. The topological polar surface area (TPSA) is 71.2 Å². The number of fused-ring (bicyclic) bond motifs is 1. The van der Waals surface area contributed by atoms with E-state index in [4.69, 9.17) is 5.73 Å². The van der Waals surface area contributed by atoms with Crippen LogP contribution in [0, 0.1) is 0 Å². The summed E-state index contributed by atoms with van der Waals surface area (Å²) in [5, 5.41) is 14.8. The van der Waals surface area contributed by atoms with Gasteiger partial charge in [0.05, 0.1) is 0 Å². The highest BCUT2D eigenvalue weighted by atomic mass is 16.3. The highest BCUT2D eigenvalue weighted by Crippen LogP contribution is 2.26. The molecule has 0 saturated heterocycles. The number of hydrogen-bond donors (Lipinski definition) is 3. The highest BCUT2D eigenvalue weighted by Gasteiger charge is 2.16. The molecule has 0 amide bonds. The van der Waals surface area contributed by atoms with E-state index >= 15 is 0 Å². The number of nitrogens with two attached hydrogens (primary N) is 1. The number of phenolic OH excluding ortho intramolecular Hbond substituents is 1. The van der Waals surface area contributed by atoms with Gasteiger partial charge in [0.2, 0.25) is 0 Å². The lowest BCUT2D eigenvalue weighted by Gasteiger charge is -2.25. The number of benzene rings is 1. The standard InChI is InChI=1S/C13H17N3O/c1-13(2,8-14)16-12-11-7-10(17)4-3-9(11)5-6-15-12/h3-7,17H,8,14H2,1-2H3,(H,15,16). The smallest absolute Gasteiger partial charge is 0.134 e. The molecule has 0 aliphatic carbocycles. The van der Waals surface area contributed by atoms with Gasteiger partial charge in [-0.25, -0.2) is 4.98 Å². The summed E-state index contributed by atoms with van der Waals surface area (Å²) in [6.07, 6.45) is 1.74. The number of nitrogens with one attached hydrogen (secondary N) is 1. The number of pyridine rings is 1. The van der Waals surface area contributed by atoms with Crippen LogP contribution in [0.15, 0.2) is 30.5 Å². The first-order valence-corrected chi connectivity index (χ1v) is 5.58. The Morgan fingerprint density at radius 2 is 2.12 bits per heavy atom. The van der Waals surface area contributed by atoms with Crippen LogP contribution in [-0.2, 0) is 0 Å². The molecule has 0 aliphatic heterocycles. The lowest BCUT2D eigenvalue weighted by molar-refractivity contribution is 0.476. The molecule has 0 fully saturated rings. The molecule has 0 radical (unpaired) electrons. The quantitative estimate of drug-likeness (QED) is 0.756. The van der Waals surface area contributed by atoms with Crippen molar-refractivity contribution in [1.29, 1.82) is 0 Å². The lowest BCUT2D eigenvalue weighted by atomic mass is 10.1. The van der Waals surface area contributed by atoms with Gasteiger partial charge in [-0.1, -0.05) is 6.07 Å². The van der Waals surface area contributed by atoms with Gasteiger partial charge in [-0.3, -0.25) is 0 Å². The minimum absolute atomic E-state index is 0.229. The average molecular weight is 231 g/mol. The van der Waals surface area contributed by atoms with Gasteiger partial charge in [-0.2, -0.15) is 0 Å². The lowest BCUT2D eigenvalue weighted by Crippen LogP contribution is -2.39. The summed E-state index contributed by atoms with van der Waals surface area (Å²) < 4.78 is 0. The van der Waals surface area contributed by atoms with Crippen molar-refractivity contribution in [2.45, 2.75) is 19.4 Å². The van der Waals surface area contributed by atoms with Gasteiger partial charge in [0.25, 0.3) is 0 Å². The van der Waals surface area contributed by atoms with Gasteiger partial charge in [-0.05, 0) is 37.4 Å². The molecule has 0 bridgehead atoms. The van der Waals surface area contributed by atoms with Crippen molar-refractivity contribution in [2.24, 2.45) is 5.73 Å². The van der Waals surface area contributed by atoms with E-state index in [0.717, 1.165) is 16.6 Å². The molecule has 17 heavy (non-hydrogen) atoms. The molecule has 4 N–H and O–H groups in total. The van der Waals surface area contributed by atoms with Crippen molar-refractivity contribution in [3.05, 3.63) is 30.5 Å². The van der Waals surface area contributed by atoms with E-state index in [-0.39, 0.29) is 11.3 Å². The number of aromatic hydroxyl groups is 1. The van der Waals surface area contributed by atoms with Gasteiger partial charge < -0.3 is 16.2 Å². The van der Waals surface area contributed by atoms with Gasteiger partial charge in [-0.15, -0.1) is 0 Å². The van der Waals surface area contributed by atoms with Crippen LogP contribution in [0.5, 0.6) is 5.75 Å². The van der Waals surface area contributed by atoms with Gasteiger partial charge >= 0.3 is 0 Å². The van der Waals surface area contributed by atoms with Crippen LogP contribution in [-0.4, -0.2) is 22.2 Å². The van der Waals surface area contributed by atoms with Crippen LogP contribution in [0.3, 0.4) is 0 Å². The average Bonchev–Trinajstić information content (AvgIpc) is 2.30. The third-order valence-corrected chi connectivity index (χ3v) is 2.72. The molecule has 90 valence electrons. The van der Waals surface area contributed by atoms with E-state index in [2.05, 4.69) is 10.3 Å². The summed E-state index contributed by atoms with van der Waals surface area (Å²) in [4.78, 5) is 4.30. The molecule has 4 heteroatoms. The molecule has 4 nitrogen and oxygen atoms in total. The zero-order valence-corrected chi connectivity index (χ0v) is 10.1. The molecular formula is C13H17N3O. The monoisotopic (exact) mass is 231 g/mol. The van der Waals surface area contributed by atoms with Crippen LogP contribution in [0.1, 0.15) is 13.8 Å². The van der Waals surface area contributed by atoms with Gasteiger partial charge in [0, 0.05) is 23.7 Å². The Balaban J connectivity index is 2.50. The Morgan fingerprint density at radius 1 is 1.35 bits per heavy atom. The van der Waals surface area contributed by atoms with Crippen LogP contribution in [0.4, 0.5) is 5.82 Å². The van der Waals surface area contributed by atoms with Crippen LogP contribution in [0.25, 0.3) is 10.8 Å². The van der Waals surface area contributed by atoms with E-state index in [1.807, 2.05) is 26.0 Å². The predicted molar refractivity (Wildman–Crippen MR) is 70.2 cm³/mol. The number of phenols is 1. The van der Waals surface area contributed by atoms with E-state index in [9.17, 15) is 5.11 Å². The van der Waals surface area contributed by atoms with Crippen molar-refractivity contribution < 1.29 is 5.11 Å². The van der Waals surface area contributed by atoms with Crippen molar-refractivity contribution in [3.8, 4) is 5.75 Å². The number of aromatic nitrogens is 1. The minimum atomic E-state index is -0.229. The molecule has 0 atom stereocenters. The van der Waals surface area contributed by atoms with Crippen molar-refractivity contribution in [3.63, 3.8) is 0 Å². The van der Waals surface area contributed by atoms with E-state index in [1.165, 1.54) is 0 Å². The third-order valence-electron chi connectivity index (χ3n) is 2.72. The molecule has 2 rings (SSSR count). The number of anilines is 1. The molecule has 1 aromatic heterocycles. The number of rotatable bonds is 3. The first kappa shape index (κ1) is 11.7. The number of hydrogen-bond acceptors (Lipinski definition) is 4. The first-order valence-electron chi connectivity index (χ1n) is 5.58. The SMILES string of the molecule is CC(C)(CN)Nc1nccc2ccc(O)cc12. The normalized spacial score (nSPS) is 11.7. The molecule has 0 unspecified atom stereocenters. The summed E-state index contributed by atoms with van der Waals surface area (Å²) in [6, 6.07) is 7.15. The summed E-state index contributed by atoms with van der Waals surface area (Å²) in [5.41, 5.74) is 5.46. The fourth-order valence-corrected chi connectivity index (χ4v) is 1.63. The fraction of sp³-hybridized carbons (Fsp3) is 0.308. The molecule has 0 spiro atoms. The van der Waals surface area contributed by atoms with E-state index in [1.54, 1.807) is 18.3 Å². The maximum atomic E-state index is 9.53. The molecule has 1 heterocycles. The Bertz CT molecular complexity index is 537. The Morgan fingerprint density at radius 3 is 2.82 bits per heavy atom. The molecule has 1 aromatic carbocycles. The molecule has 0 aliphatic rings. The van der Waals surface area contributed by atoms with Crippen molar-refractivity contribution >= 4 is 16.6 Å². The number of nitrogens with zero attached hydrogens (tertiary/aromatic N) is 1.